The van der Waals surface area contributed by atoms with Gasteiger partial charge in [0.1, 0.15) is 6.04 Å². The van der Waals surface area contributed by atoms with Gasteiger partial charge < -0.3 is 9.47 Å². The molecule has 1 aliphatic rings. The summed E-state index contributed by atoms with van der Waals surface area (Å²) in [7, 11) is 0. The van der Waals surface area contributed by atoms with Crippen molar-refractivity contribution in [3.05, 3.63) is 0 Å². The van der Waals surface area contributed by atoms with E-state index in [1.165, 1.54) is 0 Å². The molecule has 0 aliphatic carbocycles. The summed E-state index contributed by atoms with van der Waals surface area (Å²) in [6.45, 7) is 5.75. The topological polar surface area (TPSA) is 47.6 Å². The minimum atomic E-state index is -0.158. The molecule has 1 fully saturated rings. The molecule has 1 saturated heterocycles. The molecule has 1 unspecified atom stereocenters. The molecular formula is C10H19NO3. The monoisotopic (exact) mass is 201 g/mol. The minimum absolute atomic E-state index is 0.138. The van der Waals surface area contributed by atoms with Gasteiger partial charge in [0.15, 0.2) is 0 Å². The molecule has 0 aromatic carbocycles. The summed E-state index contributed by atoms with van der Waals surface area (Å²) in [5.41, 5.74) is 0. The van der Waals surface area contributed by atoms with Gasteiger partial charge in [-0.25, -0.2) is 0 Å². The average molecular weight is 201 g/mol. The van der Waals surface area contributed by atoms with Gasteiger partial charge >= 0.3 is 5.97 Å². The molecule has 1 aliphatic heterocycles. The van der Waals surface area contributed by atoms with Crippen molar-refractivity contribution in [1.29, 1.82) is 0 Å². The van der Waals surface area contributed by atoms with Gasteiger partial charge in [-0.1, -0.05) is 13.3 Å². The first-order valence-electron chi connectivity index (χ1n) is 5.28. The summed E-state index contributed by atoms with van der Waals surface area (Å²) in [5.74, 6) is -0.138. The largest absolute Gasteiger partial charge is 0.465 e. The van der Waals surface area contributed by atoms with Crippen LogP contribution >= 0.6 is 0 Å². The number of hydrogen-bond acceptors (Lipinski definition) is 4. The Kier molecular flexibility index (Phi) is 4.90. The fourth-order valence-electron chi connectivity index (χ4n) is 1.42. The highest BCUT2D eigenvalue weighted by Gasteiger charge is 2.26. The maximum Gasteiger partial charge on any atom is 0.323 e. The van der Waals surface area contributed by atoms with Crippen molar-refractivity contribution in [2.45, 2.75) is 38.8 Å². The lowest BCUT2D eigenvalue weighted by molar-refractivity contribution is -0.147. The highest BCUT2D eigenvalue weighted by atomic mass is 16.5. The third-order valence-corrected chi connectivity index (χ3v) is 2.22. The molecule has 1 atom stereocenters. The van der Waals surface area contributed by atoms with E-state index in [1.54, 1.807) is 0 Å². The van der Waals surface area contributed by atoms with Gasteiger partial charge in [-0.15, -0.1) is 0 Å². The molecule has 14 heavy (non-hydrogen) atoms. The van der Waals surface area contributed by atoms with Crippen LogP contribution in [-0.4, -0.2) is 37.9 Å². The quantitative estimate of drug-likeness (QED) is 0.643. The number of ether oxygens (including phenoxy) is 2. The van der Waals surface area contributed by atoms with Gasteiger partial charge in [0, 0.05) is 0 Å². The highest BCUT2D eigenvalue weighted by molar-refractivity contribution is 5.75. The molecular weight excluding hydrogens is 182 g/mol. The van der Waals surface area contributed by atoms with E-state index in [2.05, 4.69) is 12.2 Å². The third-order valence-electron chi connectivity index (χ3n) is 2.22. The van der Waals surface area contributed by atoms with E-state index < -0.39 is 0 Å². The predicted octanol–water partition coefficient (Wildman–Crippen LogP) is 0.707. The smallest absolute Gasteiger partial charge is 0.323 e. The lowest BCUT2D eigenvalue weighted by Gasteiger charge is -2.30. The van der Waals surface area contributed by atoms with Crippen LogP contribution in [0.5, 0.6) is 0 Å². The fraction of sp³-hybridized carbons (Fsp3) is 0.900. The Bertz CT molecular complexity index is 180. The zero-order valence-corrected chi connectivity index (χ0v) is 8.91. The Morgan fingerprint density at radius 2 is 2.29 bits per heavy atom. The molecule has 4 nitrogen and oxygen atoms in total. The van der Waals surface area contributed by atoms with E-state index in [4.69, 9.17) is 9.47 Å². The lowest BCUT2D eigenvalue weighted by atomic mass is 10.1. The van der Waals surface area contributed by atoms with E-state index in [0.717, 1.165) is 12.8 Å². The zero-order valence-electron chi connectivity index (χ0n) is 8.91. The predicted molar refractivity (Wildman–Crippen MR) is 53.1 cm³/mol. The molecule has 0 aromatic rings. The van der Waals surface area contributed by atoms with E-state index in [-0.39, 0.29) is 12.0 Å². The second-order valence-electron chi connectivity index (χ2n) is 3.49. The van der Waals surface area contributed by atoms with E-state index in [9.17, 15) is 4.79 Å². The zero-order chi connectivity index (χ0) is 10.4. The normalized spacial score (nSPS) is 18.7. The van der Waals surface area contributed by atoms with Gasteiger partial charge in [0.2, 0.25) is 0 Å². The number of esters is 1. The Morgan fingerprint density at radius 3 is 2.71 bits per heavy atom. The highest BCUT2D eigenvalue weighted by Crippen LogP contribution is 2.06. The van der Waals surface area contributed by atoms with Crippen LogP contribution in [0.3, 0.4) is 0 Å². The Labute approximate surface area is 85.0 Å². The minimum Gasteiger partial charge on any atom is -0.465 e. The standard InChI is InChI=1S/C10H19NO3/c1-3-5-9(10(12)14-4-2)11-8-6-13-7-8/h8-9,11H,3-7H2,1-2H3. The first kappa shape index (κ1) is 11.5. The number of nitrogens with one attached hydrogen (secondary N) is 1. The van der Waals surface area contributed by atoms with Gasteiger partial charge in [-0.2, -0.15) is 0 Å². The van der Waals surface area contributed by atoms with Crippen molar-refractivity contribution in [2.75, 3.05) is 19.8 Å². The van der Waals surface area contributed by atoms with Crippen LogP contribution in [0.2, 0.25) is 0 Å². The Balaban J connectivity index is 2.32. The number of carbonyl (C=O) groups is 1. The third kappa shape index (κ3) is 3.27. The molecule has 0 aromatic heterocycles. The summed E-state index contributed by atoms with van der Waals surface area (Å²) < 4.78 is 10.0. The van der Waals surface area contributed by atoms with Crippen molar-refractivity contribution in [2.24, 2.45) is 0 Å². The summed E-state index contributed by atoms with van der Waals surface area (Å²) in [6, 6.07) is 0.171. The van der Waals surface area contributed by atoms with Crippen molar-refractivity contribution >= 4 is 5.97 Å². The second kappa shape index (κ2) is 5.98. The first-order valence-corrected chi connectivity index (χ1v) is 5.28. The van der Waals surface area contributed by atoms with Crippen LogP contribution in [0.4, 0.5) is 0 Å². The molecule has 0 amide bonds. The molecule has 0 bridgehead atoms. The Morgan fingerprint density at radius 1 is 1.57 bits per heavy atom. The summed E-state index contributed by atoms with van der Waals surface area (Å²) in [5, 5.41) is 3.24. The van der Waals surface area contributed by atoms with Crippen LogP contribution in [0, 0.1) is 0 Å². The van der Waals surface area contributed by atoms with Gasteiger partial charge in [0.05, 0.1) is 25.9 Å². The molecule has 1 heterocycles. The number of rotatable bonds is 6. The number of hydrogen-bond donors (Lipinski definition) is 1. The van der Waals surface area contributed by atoms with E-state index >= 15 is 0 Å². The molecule has 1 rings (SSSR count). The summed E-state index contributed by atoms with van der Waals surface area (Å²) in [6.07, 6.45) is 1.80. The molecule has 0 radical (unpaired) electrons. The molecule has 4 heteroatoms. The van der Waals surface area contributed by atoms with Crippen LogP contribution in [-0.2, 0) is 14.3 Å². The van der Waals surface area contributed by atoms with Crippen LogP contribution in [0.25, 0.3) is 0 Å². The maximum absolute atomic E-state index is 11.5. The van der Waals surface area contributed by atoms with Crippen LogP contribution in [0.15, 0.2) is 0 Å². The molecule has 0 spiro atoms. The van der Waals surface area contributed by atoms with Crippen LogP contribution in [0.1, 0.15) is 26.7 Å². The van der Waals surface area contributed by atoms with Crippen molar-refractivity contribution in [3.8, 4) is 0 Å². The van der Waals surface area contributed by atoms with Gasteiger partial charge in [0.25, 0.3) is 0 Å². The van der Waals surface area contributed by atoms with Crippen molar-refractivity contribution < 1.29 is 14.3 Å². The lowest BCUT2D eigenvalue weighted by Crippen LogP contribution is -2.53. The van der Waals surface area contributed by atoms with Gasteiger partial charge in [-0.3, -0.25) is 10.1 Å². The van der Waals surface area contributed by atoms with Crippen molar-refractivity contribution in [1.82, 2.24) is 5.32 Å². The maximum atomic E-state index is 11.5. The second-order valence-corrected chi connectivity index (χ2v) is 3.49. The SMILES string of the molecule is CCCC(NC1COC1)C(=O)OCC. The molecule has 1 N–H and O–H groups in total. The Hall–Kier alpha value is -0.610. The summed E-state index contributed by atoms with van der Waals surface area (Å²) >= 11 is 0. The molecule has 0 saturated carbocycles. The van der Waals surface area contributed by atoms with E-state index in [1.807, 2.05) is 6.92 Å². The van der Waals surface area contributed by atoms with Crippen molar-refractivity contribution in [3.63, 3.8) is 0 Å². The van der Waals surface area contributed by atoms with Crippen LogP contribution < -0.4 is 5.32 Å². The molecule has 82 valence electrons. The number of carbonyl (C=O) groups excluding carboxylic acids is 1. The first-order chi connectivity index (χ1) is 6.77. The summed E-state index contributed by atoms with van der Waals surface area (Å²) in [4.78, 5) is 11.5. The van der Waals surface area contributed by atoms with E-state index in [0.29, 0.717) is 25.9 Å². The van der Waals surface area contributed by atoms with Gasteiger partial charge in [-0.05, 0) is 13.3 Å². The fourth-order valence-corrected chi connectivity index (χ4v) is 1.42. The average Bonchev–Trinajstić information content (AvgIpc) is 2.09.